The second kappa shape index (κ2) is 6.47. The van der Waals surface area contributed by atoms with Crippen LogP contribution >= 0.6 is 11.6 Å². The molecule has 4 nitrogen and oxygen atoms in total. The lowest BCUT2D eigenvalue weighted by Crippen LogP contribution is -2.30. The highest BCUT2D eigenvalue weighted by Gasteiger charge is 2.11. The molecule has 0 spiro atoms. The summed E-state index contributed by atoms with van der Waals surface area (Å²) < 4.78 is 4.99. The first-order valence-corrected chi connectivity index (χ1v) is 5.74. The van der Waals surface area contributed by atoms with Crippen molar-refractivity contribution in [1.82, 2.24) is 5.32 Å². The van der Waals surface area contributed by atoms with Crippen LogP contribution in [0.15, 0.2) is 18.2 Å². The summed E-state index contributed by atoms with van der Waals surface area (Å²) >= 11 is 5.82. The van der Waals surface area contributed by atoms with Gasteiger partial charge in [-0.3, -0.25) is 4.79 Å². The van der Waals surface area contributed by atoms with Gasteiger partial charge in [-0.05, 0) is 24.1 Å². The second-order valence-corrected chi connectivity index (χ2v) is 4.44. The summed E-state index contributed by atoms with van der Waals surface area (Å²) in [5.41, 5.74) is 6.54. The van der Waals surface area contributed by atoms with Crippen molar-refractivity contribution in [1.29, 1.82) is 0 Å². The van der Waals surface area contributed by atoms with Gasteiger partial charge in [0, 0.05) is 24.4 Å². The molecule has 0 bridgehead atoms. The number of methoxy groups -OCH3 is 1. The first-order chi connectivity index (χ1) is 8.04. The van der Waals surface area contributed by atoms with E-state index in [-0.39, 0.29) is 11.8 Å². The molecule has 3 N–H and O–H groups in total. The molecule has 17 heavy (non-hydrogen) atoms. The van der Waals surface area contributed by atoms with Gasteiger partial charge in [0.15, 0.2) is 0 Å². The molecule has 94 valence electrons. The number of halogens is 1. The highest BCUT2D eigenvalue weighted by Crippen LogP contribution is 2.17. The fourth-order valence-corrected chi connectivity index (χ4v) is 1.60. The molecule has 0 heterocycles. The summed E-state index contributed by atoms with van der Waals surface area (Å²) in [5.74, 6) is 0.0392. The van der Waals surface area contributed by atoms with Crippen molar-refractivity contribution in [3.8, 4) is 0 Å². The van der Waals surface area contributed by atoms with Crippen LogP contribution in [0.3, 0.4) is 0 Å². The van der Waals surface area contributed by atoms with Gasteiger partial charge in [-0.1, -0.05) is 18.5 Å². The van der Waals surface area contributed by atoms with E-state index in [4.69, 9.17) is 22.1 Å². The van der Waals surface area contributed by atoms with Crippen molar-refractivity contribution in [2.75, 3.05) is 26.0 Å². The molecule has 0 radical (unpaired) electrons. The van der Waals surface area contributed by atoms with Crippen molar-refractivity contribution in [2.24, 2.45) is 5.92 Å². The zero-order valence-electron chi connectivity index (χ0n) is 10.00. The summed E-state index contributed by atoms with van der Waals surface area (Å²) in [4.78, 5) is 11.8. The molecular formula is C12H17ClN2O2. The number of amides is 1. The minimum Gasteiger partial charge on any atom is -0.398 e. The number of carbonyl (C=O) groups excluding carboxylic acids is 1. The number of benzene rings is 1. The van der Waals surface area contributed by atoms with E-state index in [1.165, 1.54) is 0 Å². The quantitative estimate of drug-likeness (QED) is 0.792. The highest BCUT2D eigenvalue weighted by molar-refractivity contribution is 6.31. The summed E-state index contributed by atoms with van der Waals surface area (Å²) in [6, 6.07) is 4.84. The molecule has 0 saturated heterocycles. The van der Waals surface area contributed by atoms with Crippen LogP contribution in [0.1, 0.15) is 17.3 Å². The molecule has 1 rings (SSSR count). The van der Waals surface area contributed by atoms with E-state index >= 15 is 0 Å². The van der Waals surface area contributed by atoms with Crippen LogP contribution in [-0.2, 0) is 4.74 Å². The molecular weight excluding hydrogens is 240 g/mol. The first-order valence-electron chi connectivity index (χ1n) is 5.36. The lowest BCUT2D eigenvalue weighted by atomic mass is 10.1. The number of rotatable bonds is 5. The summed E-state index contributed by atoms with van der Waals surface area (Å²) in [6.45, 7) is 3.13. The van der Waals surface area contributed by atoms with Gasteiger partial charge in [-0.2, -0.15) is 0 Å². The van der Waals surface area contributed by atoms with Crippen molar-refractivity contribution in [3.05, 3.63) is 28.8 Å². The molecule has 0 aliphatic carbocycles. The SMILES string of the molecule is COCC(C)CNC(=O)c1cc(Cl)ccc1N. The highest BCUT2D eigenvalue weighted by atomic mass is 35.5. The Morgan fingerprint density at radius 1 is 1.59 bits per heavy atom. The molecule has 1 aromatic carbocycles. The number of nitrogens with one attached hydrogen (secondary N) is 1. The van der Waals surface area contributed by atoms with E-state index in [1.807, 2.05) is 6.92 Å². The van der Waals surface area contributed by atoms with Gasteiger partial charge in [-0.15, -0.1) is 0 Å². The van der Waals surface area contributed by atoms with E-state index < -0.39 is 0 Å². The lowest BCUT2D eigenvalue weighted by Gasteiger charge is -2.12. The number of hydrogen-bond acceptors (Lipinski definition) is 3. The van der Waals surface area contributed by atoms with Crippen molar-refractivity contribution in [2.45, 2.75) is 6.92 Å². The predicted octanol–water partition coefficient (Wildman–Crippen LogP) is 1.93. The molecule has 0 fully saturated rings. The minimum absolute atomic E-state index is 0.215. The number of carbonyl (C=O) groups is 1. The van der Waals surface area contributed by atoms with E-state index in [9.17, 15) is 4.79 Å². The lowest BCUT2D eigenvalue weighted by molar-refractivity contribution is 0.0935. The Bertz CT molecular complexity index is 396. The Hall–Kier alpha value is -1.26. The Morgan fingerprint density at radius 3 is 2.94 bits per heavy atom. The van der Waals surface area contributed by atoms with Gasteiger partial charge in [0.05, 0.1) is 12.2 Å². The summed E-state index contributed by atoms with van der Waals surface area (Å²) in [7, 11) is 1.63. The van der Waals surface area contributed by atoms with E-state index in [2.05, 4.69) is 5.32 Å². The number of ether oxygens (including phenoxy) is 1. The topological polar surface area (TPSA) is 64.3 Å². The molecule has 0 saturated carbocycles. The zero-order chi connectivity index (χ0) is 12.8. The van der Waals surface area contributed by atoms with Crippen molar-refractivity contribution < 1.29 is 9.53 Å². The van der Waals surface area contributed by atoms with Crippen LogP contribution in [0.2, 0.25) is 5.02 Å². The average molecular weight is 257 g/mol. The Balaban J connectivity index is 2.61. The monoisotopic (exact) mass is 256 g/mol. The number of anilines is 1. The van der Waals surface area contributed by atoms with Gasteiger partial charge >= 0.3 is 0 Å². The third-order valence-corrected chi connectivity index (χ3v) is 2.56. The number of nitrogens with two attached hydrogens (primary N) is 1. The van der Waals surface area contributed by atoms with Crippen LogP contribution < -0.4 is 11.1 Å². The number of hydrogen-bond donors (Lipinski definition) is 2. The molecule has 5 heteroatoms. The molecule has 1 atom stereocenters. The maximum atomic E-state index is 11.8. The minimum atomic E-state index is -0.215. The van der Waals surface area contributed by atoms with Crippen molar-refractivity contribution in [3.63, 3.8) is 0 Å². The normalized spacial score (nSPS) is 12.2. The van der Waals surface area contributed by atoms with Crippen molar-refractivity contribution >= 4 is 23.2 Å². The zero-order valence-corrected chi connectivity index (χ0v) is 10.8. The van der Waals surface area contributed by atoms with E-state index in [0.29, 0.717) is 29.4 Å². The fraction of sp³-hybridized carbons (Fsp3) is 0.417. The molecule has 0 aliphatic rings. The smallest absolute Gasteiger partial charge is 0.253 e. The standard InChI is InChI=1S/C12H17ClN2O2/c1-8(7-17-2)6-15-12(16)10-5-9(13)3-4-11(10)14/h3-5,8H,6-7,14H2,1-2H3,(H,15,16). The fourth-order valence-electron chi connectivity index (χ4n) is 1.43. The molecule has 0 aromatic heterocycles. The summed E-state index contributed by atoms with van der Waals surface area (Å²) in [6.07, 6.45) is 0. The first kappa shape index (κ1) is 13.8. The molecule has 1 amide bonds. The third-order valence-electron chi connectivity index (χ3n) is 2.32. The Morgan fingerprint density at radius 2 is 2.29 bits per heavy atom. The molecule has 1 unspecified atom stereocenters. The van der Waals surface area contributed by atoms with Crippen LogP contribution in [0.5, 0.6) is 0 Å². The molecule has 1 aromatic rings. The van der Waals surface area contributed by atoms with E-state index in [1.54, 1.807) is 25.3 Å². The third kappa shape index (κ3) is 4.24. The van der Waals surface area contributed by atoms with Gasteiger partial charge < -0.3 is 15.8 Å². The number of nitrogen functional groups attached to an aromatic ring is 1. The second-order valence-electron chi connectivity index (χ2n) is 4.00. The van der Waals surface area contributed by atoms with Crippen LogP contribution in [0, 0.1) is 5.92 Å². The van der Waals surface area contributed by atoms with Crippen LogP contribution in [0.25, 0.3) is 0 Å². The maximum absolute atomic E-state index is 11.8. The van der Waals surface area contributed by atoms with Gasteiger partial charge in [0.25, 0.3) is 5.91 Å². The largest absolute Gasteiger partial charge is 0.398 e. The molecule has 0 aliphatic heterocycles. The predicted molar refractivity (Wildman–Crippen MR) is 69.2 cm³/mol. The van der Waals surface area contributed by atoms with Crippen LogP contribution in [0.4, 0.5) is 5.69 Å². The van der Waals surface area contributed by atoms with Crippen LogP contribution in [-0.4, -0.2) is 26.2 Å². The summed E-state index contributed by atoms with van der Waals surface area (Å²) in [5, 5.41) is 3.29. The maximum Gasteiger partial charge on any atom is 0.253 e. The van der Waals surface area contributed by atoms with Gasteiger partial charge in [-0.25, -0.2) is 0 Å². The Labute approximate surface area is 106 Å². The average Bonchev–Trinajstić information content (AvgIpc) is 2.29. The van der Waals surface area contributed by atoms with E-state index in [0.717, 1.165) is 0 Å². The Kier molecular flexibility index (Phi) is 5.25. The van der Waals surface area contributed by atoms with Gasteiger partial charge in [0.1, 0.15) is 0 Å². The van der Waals surface area contributed by atoms with Gasteiger partial charge in [0.2, 0.25) is 0 Å².